The van der Waals surface area contributed by atoms with Gasteiger partial charge in [-0.2, -0.15) is 0 Å². The van der Waals surface area contributed by atoms with E-state index in [1.165, 1.54) is 6.07 Å². The number of ketones is 1. The molecule has 2 atom stereocenters. The molecule has 2 aromatic heterocycles. The molecule has 2 aromatic carbocycles. The van der Waals surface area contributed by atoms with Crippen LogP contribution in [0.1, 0.15) is 27.9 Å². The van der Waals surface area contributed by atoms with E-state index in [0.717, 1.165) is 11.8 Å². The molecule has 5 rings (SSSR count). The van der Waals surface area contributed by atoms with Crippen molar-refractivity contribution >= 4 is 28.4 Å². The van der Waals surface area contributed by atoms with Gasteiger partial charge in [0.1, 0.15) is 17.2 Å². The summed E-state index contributed by atoms with van der Waals surface area (Å²) in [6.45, 7) is 0.612. The topological polar surface area (TPSA) is 64.2 Å². The molecule has 1 aliphatic rings. The quantitative estimate of drug-likeness (QED) is 0.356. The van der Waals surface area contributed by atoms with E-state index >= 15 is 0 Å². The lowest BCUT2D eigenvalue weighted by atomic mass is 10.0. The minimum atomic E-state index is -0.370. The average molecular weight is 451 g/mol. The van der Waals surface area contributed by atoms with E-state index < -0.39 is 0 Å². The first-order valence-corrected chi connectivity index (χ1v) is 10.7. The summed E-state index contributed by atoms with van der Waals surface area (Å²) in [6.07, 6.45) is 4.20. The third kappa shape index (κ3) is 4.24. The first-order chi connectivity index (χ1) is 15.6. The van der Waals surface area contributed by atoms with Gasteiger partial charge in [0, 0.05) is 39.8 Å². The number of benzene rings is 2. The van der Waals surface area contributed by atoms with Gasteiger partial charge in [-0.1, -0.05) is 29.8 Å². The second-order valence-electron chi connectivity index (χ2n) is 7.82. The van der Waals surface area contributed by atoms with Crippen LogP contribution in [-0.2, 0) is 11.3 Å². The number of H-pyrrole nitrogens is 1. The Morgan fingerprint density at radius 3 is 2.91 bits per heavy atom. The highest BCUT2D eigenvalue weighted by atomic mass is 35.5. The van der Waals surface area contributed by atoms with E-state index in [1.807, 2.05) is 18.2 Å². The number of aromatic amines is 1. The molecule has 0 amide bonds. The number of fused-ring (bicyclic) bond motifs is 1. The van der Waals surface area contributed by atoms with Gasteiger partial charge in [0.2, 0.25) is 0 Å². The highest BCUT2D eigenvalue weighted by molar-refractivity contribution is 6.30. The third-order valence-electron chi connectivity index (χ3n) is 5.61. The molecular formula is C25H20ClFN2O3. The molecule has 0 radical (unpaired) electrons. The van der Waals surface area contributed by atoms with Crippen molar-refractivity contribution in [1.82, 2.24) is 9.97 Å². The van der Waals surface area contributed by atoms with E-state index in [-0.39, 0.29) is 30.2 Å². The zero-order chi connectivity index (χ0) is 22.1. The van der Waals surface area contributed by atoms with Crippen LogP contribution in [0.2, 0.25) is 5.02 Å². The molecule has 0 bridgehead atoms. The van der Waals surface area contributed by atoms with Gasteiger partial charge in [0.05, 0.1) is 24.9 Å². The van der Waals surface area contributed by atoms with Gasteiger partial charge >= 0.3 is 0 Å². The summed E-state index contributed by atoms with van der Waals surface area (Å²) in [5, 5.41) is 1.14. The summed E-state index contributed by atoms with van der Waals surface area (Å²) in [5.74, 6) is 0.239. The SMILES string of the molecule is O=C(c1ccccc1OCC1CC1OCc1ccc(Cl)cc1F)c1c[nH]c2ncccc12. The Bertz CT molecular complexity index is 1290. The molecule has 2 unspecified atom stereocenters. The highest BCUT2D eigenvalue weighted by Crippen LogP contribution is 2.36. The summed E-state index contributed by atoms with van der Waals surface area (Å²) in [4.78, 5) is 20.5. The number of ether oxygens (including phenoxy) is 2. The minimum absolute atomic E-state index is 0.00707. The number of hydrogen-bond acceptors (Lipinski definition) is 4. The Labute approximate surface area is 189 Å². The molecule has 4 aromatic rings. The Hall–Kier alpha value is -3.22. The average Bonchev–Trinajstić information content (AvgIpc) is 3.42. The molecule has 0 spiro atoms. The lowest BCUT2D eigenvalue weighted by Gasteiger charge is -2.11. The van der Waals surface area contributed by atoms with E-state index in [0.29, 0.717) is 39.7 Å². The molecule has 7 heteroatoms. The molecule has 5 nitrogen and oxygen atoms in total. The highest BCUT2D eigenvalue weighted by Gasteiger charge is 2.39. The molecule has 32 heavy (non-hydrogen) atoms. The van der Waals surface area contributed by atoms with Gasteiger partial charge in [0.25, 0.3) is 0 Å². The number of nitrogens with zero attached hydrogens (tertiary/aromatic N) is 1. The van der Waals surface area contributed by atoms with Crippen LogP contribution in [0, 0.1) is 11.7 Å². The van der Waals surface area contributed by atoms with E-state index in [1.54, 1.807) is 42.7 Å². The predicted octanol–water partition coefficient (Wildman–Crippen LogP) is 5.57. The van der Waals surface area contributed by atoms with E-state index in [2.05, 4.69) is 9.97 Å². The number of aromatic nitrogens is 2. The van der Waals surface area contributed by atoms with Crippen molar-refractivity contribution < 1.29 is 18.7 Å². The Morgan fingerprint density at radius 1 is 1.16 bits per heavy atom. The van der Waals surface area contributed by atoms with Gasteiger partial charge in [-0.3, -0.25) is 4.79 Å². The van der Waals surface area contributed by atoms with Crippen molar-refractivity contribution in [3.63, 3.8) is 0 Å². The number of hydrogen-bond donors (Lipinski definition) is 1. The first-order valence-electron chi connectivity index (χ1n) is 10.3. The van der Waals surface area contributed by atoms with Gasteiger partial charge < -0.3 is 14.5 Å². The summed E-state index contributed by atoms with van der Waals surface area (Å²) >= 11 is 5.78. The van der Waals surface area contributed by atoms with Gasteiger partial charge in [-0.05, 0) is 42.8 Å². The smallest absolute Gasteiger partial charge is 0.198 e. The van der Waals surface area contributed by atoms with Crippen LogP contribution in [-0.4, -0.2) is 28.5 Å². The van der Waals surface area contributed by atoms with Crippen molar-refractivity contribution in [1.29, 1.82) is 0 Å². The lowest BCUT2D eigenvalue weighted by molar-refractivity contribution is 0.0861. The number of rotatable bonds is 8. The van der Waals surface area contributed by atoms with Crippen LogP contribution < -0.4 is 4.74 Å². The number of nitrogens with one attached hydrogen (secondary N) is 1. The molecule has 1 aliphatic carbocycles. The molecular weight excluding hydrogens is 431 g/mol. The standard InChI is InChI=1S/C25H20ClFN2O3/c26-17-8-7-15(21(27)11-17)13-32-23-10-16(23)14-31-22-6-2-1-4-19(22)24(30)20-12-29-25-18(20)5-3-9-28-25/h1-9,11-12,16,23H,10,13-14H2,(H,28,29). The van der Waals surface area contributed by atoms with Crippen molar-refractivity contribution in [2.75, 3.05) is 6.61 Å². The Morgan fingerprint density at radius 2 is 2.03 bits per heavy atom. The number of para-hydroxylation sites is 1. The second kappa shape index (κ2) is 8.73. The van der Waals surface area contributed by atoms with Crippen molar-refractivity contribution in [2.24, 2.45) is 5.92 Å². The van der Waals surface area contributed by atoms with Crippen molar-refractivity contribution in [2.45, 2.75) is 19.1 Å². The fourth-order valence-electron chi connectivity index (χ4n) is 3.70. The van der Waals surface area contributed by atoms with Crippen LogP contribution in [0.3, 0.4) is 0 Å². The summed E-state index contributed by atoms with van der Waals surface area (Å²) in [5.41, 5.74) is 2.20. The van der Waals surface area contributed by atoms with Gasteiger partial charge in [-0.15, -0.1) is 0 Å². The molecule has 1 fully saturated rings. The third-order valence-corrected chi connectivity index (χ3v) is 5.84. The molecule has 1 N–H and O–H groups in total. The summed E-state index contributed by atoms with van der Waals surface area (Å²) < 4.78 is 25.7. The Kier molecular flexibility index (Phi) is 5.64. The molecule has 1 saturated carbocycles. The fraction of sp³-hybridized carbons (Fsp3) is 0.200. The zero-order valence-corrected chi connectivity index (χ0v) is 17.8. The van der Waals surface area contributed by atoms with Crippen molar-refractivity contribution in [3.05, 3.63) is 94.5 Å². The lowest BCUT2D eigenvalue weighted by Crippen LogP contribution is -2.09. The minimum Gasteiger partial charge on any atom is -0.492 e. The number of carbonyl (C=O) groups is 1. The van der Waals surface area contributed by atoms with Crippen molar-refractivity contribution in [3.8, 4) is 5.75 Å². The maximum atomic E-state index is 13.9. The van der Waals surface area contributed by atoms with E-state index in [9.17, 15) is 9.18 Å². The van der Waals surface area contributed by atoms with Crippen LogP contribution in [0.4, 0.5) is 4.39 Å². The van der Waals surface area contributed by atoms with Crippen LogP contribution in [0.25, 0.3) is 11.0 Å². The summed E-state index contributed by atoms with van der Waals surface area (Å²) in [6, 6.07) is 15.4. The zero-order valence-electron chi connectivity index (χ0n) is 17.1. The fourth-order valence-corrected chi connectivity index (χ4v) is 3.86. The molecule has 0 saturated heterocycles. The monoisotopic (exact) mass is 450 g/mol. The molecule has 0 aliphatic heterocycles. The normalized spacial score (nSPS) is 17.4. The largest absolute Gasteiger partial charge is 0.492 e. The maximum Gasteiger partial charge on any atom is 0.198 e. The molecule has 2 heterocycles. The number of carbonyl (C=O) groups excluding carboxylic acids is 1. The van der Waals surface area contributed by atoms with Crippen LogP contribution in [0.5, 0.6) is 5.75 Å². The molecule has 162 valence electrons. The first kappa shape index (κ1) is 20.7. The summed E-state index contributed by atoms with van der Waals surface area (Å²) in [7, 11) is 0. The number of pyridine rings is 1. The maximum absolute atomic E-state index is 13.9. The van der Waals surface area contributed by atoms with Gasteiger partial charge in [-0.25, -0.2) is 9.37 Å². The van der Waals surface area contributed by atoms with Gasteiger partial charge in [0.15, 0.2) is 5.78 Å². The Balaban J connectivity index is 1.21. The van der Waals surface area contributed by atoms with Crippen LogP contribution >= 0.6 is 11.6 Å². The van der Waals surface area contributed by atoms with E-state index in [4.69, 9.17) is 21.1 Å². The second-order valence-corrected chi connectivity index (χ2v) is 8.26. The predicted molar refractivity (Wildman–Crippen MR) is 120 cm³/mol. The van der Waals surface area contributed by atoms with Crippen LogP contribution in [0.15, 0.2) is 67.0 Å². The number of halogens is 2.